The van der Waals surface area contributed by atoms with Crippen molar-refractivity contribution in [1.29, 1.82) is 0 Å². The first-order valence-electron chi connectivity index (χ1n) is 12.6. The van der Waals surface area contributed by atoms with E-state index in [4.69, 9.17) is 4.74 Å². The SMILES string of the molecule is c1ccc2c(c1)OCC13[C@@H]4[C@@H]5[C@@H]6C7C8[C@H]9C[C@H]([C@@H]4[C@@H]69)C21[C@@H]1C[C@H]8[C@H]2[C@H]7[C@H]5[C@@H]3[C@H]21. The fraction of sp³-hybridized carbons (Fsp3) is 0.778. The zero-order valence-electron chi connectivity index (χ0n) is 16.1. The van der Waals surface area contributed by atoms with Crippen LogP contribution >= 0.6 is 0 Å². The Morgan fingerprint density at radius 1 is 0.679 bits per heavy atom. The Bertz CT molecular complexity index is 1040. The molecule has 0 aromatic heterocycles. The molecule has 10 aliphatic carbocycles. The Labute approximate surface area is 165 Å². The van der Waals surface area contributed by atoms with Crippen LogP contribution in [0.5, 0.6) is 5.75 Å². The average Bonchev–Trinajstić information content (AvgIpc) is 3.46. The summed E-state index contributed by atoms with van der Waals surface area (Å²) >= 11 is 0. The second-order valence-corrected chi connectivity index (χ2v) is 13.5. The number of fused-ring (bicyclic) bond motifs is 3. The highest BCUT2D eigenvalue weighted by Crippen LogP contribution is 3.01. The molecule has 1 nitrogen and oxygen atoms in total. The van der Waals surface area contributed by atoms with Gasteiger partial charge in [-0.15, -0.1) is 0 Å². The van der Waals surface area contributed by atoms with E-state index in [-0.39, 0.29) is 0 Å². The minimum Gasteiger partial charge on any atom is -0.493 e. The molecular weight excluding hydrogens is 340 g/mol. The van der Waals surface area contributed by atoms with Gasteiger partial charge in [-0.2, -0.15) is 0 Å². The molecule has 1 aliphatic heterocycles. The van der Waals surface area contributed by atoms with Gasteiger partial charge in [0.2, 0.25) is 0 Å². The number of hydrogen-bond donors (Lipinski definition) is 0. The van der Waals surface area contributed by atoms with Gasteiger partial charge >= 0.3 is 0 Å². The van der Waals surface area contributed by atoms with Crippen molar-refractivity contribution >= 4 is 0 Å². The zero-order valence-corrected chi connectivity index (χ0v) is 16.1. The molecule has 11 aliphatic rings. The van der Waals surface area contributed by atoms with E-state index in [1.54, 1.807) is 18.4 Å². The van der Waals surface area contributed by atoms with Gasteiger partial charge in [-0.05, 0) is 114 Å². The van der Waals surface area contributed by atoms with Crippen LogP contribution in [0.15, 0.2) is 24.3 Å². The summed E-state index contributed by atoms with van der Waals surface area (Å²) in [4.78, 5) is 0. The lowest BCUT2D eigenvalue weighted by atomic mass is 9.51. The number of ether oxygens (including phenoxy) is 1. The molecule has 1 aromatic rings. The van der Waals surface area contributed by atoms with Crippen LogP contribution in [0, 0.1) is 100 Å². The van der Waals surface area contributed by atoms with Crippen molar-refractivity contribution < 1.29 is 4.74 Å². The topological polar surface area (TPSA) is 9.23 Å². The molecule has 1 spiro atoms. The van der Waals surface area contributed by atoms with Gasteiger partial charge in [0.1, 0.15) is 5.75 Å². The maximum absolute atomic E-state index is 6.78. The van der Waals surface area contributed by atoms with Crippen molar-refractivity contribution in [2.24, 2.45) is 100 Å². The van der Waals surface area contributed by atoms with Crippen LogP contribution in [0.2, 0.25) is 0 Å². The Hall–Kier alpha value is -0.980. The van der Waals surface area contributed by atoms with Crippen molar-refractivity contribution in [2.75, 3.05) is 6.61 Å². The van der Waals surface area contributed by atoms with Crippen molar-refractivity contribution in [3.63, 3.8) is 0 Å². The number of benzene rings is 1. The second kappa shape index (κ2) is 3.05. The third-order valence-corrected chi connectivity index (χ3v) is 15.0. The Balaban J connectivity index is 1.35. The number of hydrogen-bond acceptors (Lipinski definition) is 1. The molecule has 10 fully saturated rings. The highest BCUT2D eigenvalue weighted by atomic mass is 16.5. The summed E-state index contributed by atoms with van der Waals surface area (Å²) in [6.07, 6.45) is 3.28. The van der Waals surface area contributed by atoms with E-state index in [9.17, 15) is 0 Å². The predicted octanol–water partition coefficient (Wildman–Crippen LogP) is 4.08. The Morgan fingerprint density at radius 3 is 2.04 bits per heavy atom. The van der Waals surface area contributed by atoms with E-state index in [0.717, 1.165) is 65.8 Å². The molecule has 0 bridgehead atoms. The van der Waals surface area contributed by atoms with Crippen LogP contribution in [0.25, 0.3) is 0 Å². The molecular formula is C27H26O. The van der Waals surface area contributed by atoms with Gasteiger partial charge in [0, 0.05) is 16.4 Å². The largest absolute Gasteiger partial charge is 0.493 e. The van der Waals surface area contributed by atoms with E-state index in [2.05, 4.69) is 24.3 Å². The van der Waals surface area contributed by atoms with Gasteiger partial charge in [0.25, 0.3) is 0 Å². The van der Waals surface area contributed by atoms with Crippen LogP contribution < -0.4 is 4.74 Å². The Kier molecular flexibility index (Phi) is 1.38. The molecule has 4 unspecified atom stereocenters. The van der Waals surface area contributed by atoms with E-state index in [0.29, 0.717) is 10.8 Å². The minimum atomic E-state index is 0.546. The fourth-order valence-corrected chi connectivity index (χ4v) is 16.6. The molecule has 12 rings (SSSR count). The third-order valence-electron chi connectivity index (χ3n) is 15.0. The van der Waals surface area contributed by atoms with E-state index in [1.807, 2.05) is 0 Å². The smallest absolute Gasteiger partial charge is 0.123 e. The van der Waals surface area contributed by atoms with Crippen LogP contribution in [-0.2, 0) is 5.41 Å². The van der Waals surface area contributed by atoms with Crippen molar-refractivity contribution in [3.05, 3.63) is 29.8 Å². The quantitative estimate of drug-likeness (QED) is 0.672. The molecule has 1 heterocycles. The lowest BCUT2D eigenvalue weighted by Gasteiger charge is -2.55. The van der Waals surface area contributed by atoms with Crippen LogP contribution in [0.1, 0.15) is 18.4 Å². The molecule has 140 valence electrons. The summed E-state index contributed by atoms with van der Waals surface area (Å²) in [7, 11) is 0. The summed E-state index contributed by atoms with van der Waals surface area (Å²) < 4.78 is 6.78. The van der Waals surface area contributed by atoms with Gasteiger partial charge in [0.05, 0.1) is 6.61 Å². The molecule has 0 N–H and O–H groups in total. The van der Waals surface area contributed by atoms with Crippen LogP contribution in [0.3, 0.4) is 0 Å². The van der Waals surface area contributed by atoms with Crippen LogP contribution in [0.4, 0.5) is 0 Å². The van der Waals surface area contributed by atoms with Crippen LogP contribution in [-0.4, -0.2) is 6.61 Å². The van der Waals surface area contributed by atoms with Gasteiger partial charge in [-0.3, -0.25) is 0 Å². The molecule has 0 amide bonds. The van der Waals surface area contributed by atoms with Gasteiger partial charge in [0.15, 0.2) is 0 Å². The van der Waals surface area contributed by atoms with E-state index < -0.39 is 0 Å². The molecule has 18 atom stereocenters. The van der Waals surface area contributed by atoms with Gasteiger partial charge in [-0.1, -0.05) is 18.2 Å². The molecule has 0 saturated heterocycles. The third kappa shape index (κ3) is 0.706. The zero-order chi connectivity index (χ0) is 17.0. The fourth-order valence-electron chi connectivity index (χ4n) is 16.6. The first-order chi connectivity index (χ1) is 13.9. The normalized spacial score (nSPS) is 81.0. The summed E-state index contributed by atoms with van der Waals surface area (Å²) in [5.74, 6) is 19.6. The molecule has 28 heavy (non-hydrogen) atoms. The lowest BCUT2D eigenvalue weighted by Crippen LogP contribution is -2.56. The first-order valence-corrected chi connectivity index (χ1v) is 12.6. The summed E-state index contributed by atoms with van der Waals surface area (Å²) in [6, 6.07) is 9.51. The highest BCUT2D eigenvalue weighted by Gasteiger charge is 3.00. The number of rotatable bonds is 0. The van der Waals surface area contributed by atoms with Gasteiger partial charge in [-0.25, -0.2) is 0 Å². The van der Waals surface area contributed by atoms with Crippen molar-refractivity contribution in [3.8, 4) is 5.75 Å². The van der Waals surface area contributed by atoms with E-state index >= 15 is 0 Å². The minimum absolute atomic E-state index is 0.546. The number of para-hydroxylation sites is 1. The molecule has 1 aromatic carbocycles. The Morgan fingerprint density at radius 2 is 1.32 bits per heavy atom. The highest BCUT2D eigenvalue weighted by molar-refractivity contribution is 5.57. The molecule has 10 saturated carbocycles. The molecule has 1 heteroatoms. The second-order valence-electron chi connectivity index (χ2n) is 13.5. The first kappa shape index (κ1) is 12.7. The molecule has 0 radical (unpaired) electrons. The summed E-state index contributed by atoms with van der Waals surface area (Å²) in [5.41, 5.74) is 2.86. The average molecular weight is 367 g/mol. The monoisotopic (exact) mass is 366 g/mol. The van der Waals surface area contributed by atoms with Crippen molar-refractivity contribution in [2.45, 2.75) is 18.3 Å². The van der Waals surface area contributed by atoms with E-state index in [1.165, 1.54) is 41.3 Å². The maximum atomic E-state index is 6.78. The van der Waals surface area contributed by atoms with Crippen molar-refractivity contribution in [1.82, 2.24) is 0 Å². The standard InChI is InChI=1S/C27H26O/c1-2-4-13-10(3-1)27-11-5-8-14-9-6-12(27)18-16(9)21-19(14)20-15(8)17(11)24-22(20)23(21)25(18)26(24,27)7-28-13/h1-4,8-9,11-12,14-25H,5-7H2/t8-,9-,11-,12-,14?,15-,16+,17+,18-,19?,20-,21+,22-,23-,24+,25+,26?,27?/m1/s1. The predicted molar refractivity (Wildman–Crippen MR) is 101 cm³/mol. The maximum Gasteiger partial charge on any atom is 0.123 e. The summed E-state index contributed by atoms with van der Waals surface area (Å²) in [5, 5.41) is 0. The summed E-state index contributed by atoms with van der Waals surface area (Å²) in [6.45, 7) is 1.12. The van der Waals surface area contributed by atoms with Gasteiger partial charge < -0.3 is 4.74 Å². The lowest BCUT2D eigenvalue weighted by molar-refractivity contribution is -0.0313.